The van der Waals surface area contributed by atoms with Crippen molar-refractivity contribution < 1.29 is 9.53 Å². The number of pyridine rings is 1. The smallest absolute Gasteiger partial charge is 0.254 e. The number of rotatable bonds is 3. The molecular weight excluding hydrogens is 378 g/mol. The quantitative estimate of drug-likeness (QED) is 0.731. The number of hydrogen-bond acceptors (Lipinski definition) is 5. The molecule has 0 unspecified atom stereocenters. The SMILES string of the molecule is COc1ccc([C@H]2[C@H]3CNC[C@H]3CN2C(=O)c2ccn3ncnc3c2)cc1.Cl. The highest BCUT2D eigenvalue weighted by atomic mass is 35.5. The molecule has 0 radical (unpaired) electrons. The molecule has 4 heterocycles. The maximum Gasteiger partial charge on any atom is 0.254 e. The molecule has 2 aliphatic rings. The van der Waals surface area contributed by atoms with Crippen LogP contribution in [0.3, 0.4) is 0 Å². The lowest BCUT2D eigenvalue weighted by Gasteiger charge is -2.28. The van der Waals surface area contributed by atoms with Crippen molar-refractivity contribution in [2.75, 3.05) is 26.7 Å². The number of fused-ring (bicyclic) bond motifs is 2. The number of aromatic nitrogens is 3. The van der Waals surface area contributed by atoms with Gasteiger partial charge in [0, 0.05) is 37.3 Å². The number of halogens is 1. The molecule has 2 aliphatic heterocycles. The minimum absolute atomic E-state index is 0. The lowest BCUT2D eigenvalue weighted by atomic mass is 9.89. The van der Waals surface area contributed by atoms with Crippen molar-refractivity contribution in [2.24, 2.45) is 11.8 Å². The van der Waals surface area contributed by atoms with Gasteiger partial charge in [-0.3, -0.25) is 4.79 Å². The Kier molecular flexibility index (Phi) is 4.95. The fourth-order valence-electron chi connectivity index (χ4n) is 4.47. The highest BCUT2D eigenvalue weighted by Crippen LogP contribution is 2.43. The maximum atomic E-state index is 13.4. The zero-order valence-electron chi connectivity index (χ0n) is 15.5. The highest BCUT2D eigenvalue weighted by molar-refractivity contribution is 5.95. The molecule has 3 aromatic rings. The van der Waals surface area contributed by atoms with E-state index in [9.17, 15) is 4.79 Å². The van der Waals surface area contributed by atoms with E-state index in [1.807, 2.05) is 29.2 Å². The Bertz CT molecular complexity index is 990. The summed E-state index contributed by atoms with van der Waals surface area (Å²) in [5.41, 5.74) is 2.49. The molecule has 5 rings (SSSR count). The molecule has 7 nitrogen and oxygen atoms in total. The summed E-state index contributed by atoms with van der Waals surface area (Å²) in [6, 6.07) is 11.8. The molecule has 0 spiro atoms. The predicted octanol–water partition coefficient (Wildman–Crippen LogP) is 2.19. The third-order valence-corrected chi connectivity index (χ3v) is 5.81. The van der Waals surface area contributed by atoms with Gasteiger partial charge in [-0.1, -0.05) is 12.1 Å². The van der Waals surface area contributed by atoms with Gasteiger partial charge in [0.1, 0.15) is 12.1 Å². The second-order valence-electron chi connectivity index (χ2n) is 7.24. The number of ether oxygens (including phenoxy) is 1. The van der Waals surface area contributed by atoms with Gasteiger partial charge in [0.25, 0.3) is 5.91 Å². The van der Waals surface area contributed by atoms with Gasteiger partial charge in [-0.05, 0) is 35.7 Å². The third-order valence-electron chi connectivity index (χ3n) is 5.81. The van der Waals surface area contributed by atoms with E-state index in [-0.39, 0.29) is 24.4 Å². The highest BCUT2D eigenvalue weighted by Gasteiger charge is 2.46. The lowest BCUT2D eigenvalue weighted by Crippen LogP contribution is -2.34. The number of methoxy groups -OCH3 is 1. The van der Waals surface area contributed by atoms with Gasteiger partial charge < -0.3 is 15.0 Å². The van der Waals surface area contributed by atoms with Gasteiger partial charge in [-0.25, -0.2) is 9.50 Å². The zero-order valence-corrected chi connectivity index (χ0v) is 16.3. The number of nitrogens with zero attached hydrogens (tertiary/aromatic N) is 4. The molecule has 0 saturated carbocycles. The van der Waals surface area contributed by atoms with Crippen molar-refractivity contribution in [1.82, 2.24) is 24.8 Å². The van der Waals surface area contributed by atoms with Crippen LogP contribution in [0.2, 0.25) is 0 Å². The Labute approximate surface area is 169 Å². The number of hydrogen-bond donors (Lipinski definition) is 1. The van der Waals surface area contributed by atoms with Crippen LogP contribution in [0.25, 0.3) is 5.65 Å². The van der Waals surface area contributed by atoms with Gasteiger partial charge in [-0.2, -0.15) is 5.10 Å². The first-order valence-corrected chi connectivity index (χ1v) is 9.19. The van der Waals surface area contributed by atoms with E-state index >= 15 is 0 Å². The molecule has 2 saturated heterocycles. The predicted molar refractivity (Wildman–Crippen MR) is 107 cm³/mol. The van der Waals surface area contributed by atoms with E-state index in [1.165, 1.54) is 6.33 Å². The summed E-state index contributed by atoms with van der Waals surface area (Å²) in [4.78, 5) is 19.6. The summed E-state index contributed by atoms with van der Waals surface area (Å²) in [5.74, 6) is 1.79. The van der Waals surface area contributed by atoms with Crippen LogP contribution in [0.15, 0.2) is 48.9 Å². The van der Waals surface area contributed by atoms with Crippen molar-refractivity contribution >= 4 is 24.0 Å². The van der Waals surface area contributed by atoms with E-state index in [2.05, 4.69) is 27.5 Å². The normalized spacial score (nSPS) is 23.5. The molecule has 1 amide bonds. The standard InChI is InChI=1S/C20H21N5O2.ClH/c1-27-16-4-2-13(3-5-16)19-17-10-21-9-15(17)11-24(19)20(26)14-6-7-25-18(8-14)22-12-23-25;/h2-8,12,15,17,19,21H,9-11H2,1H3;1H/t15-,17-,19-;/m0./s1. The van der Waals surface area contributed by atoms with Gasteiger partial charge in [-0.15, -0.1) is 12.4 Å². The third kappa shape index (κ3) is 3.00. The number of nitrogens with one attached hydrogen (secondary N) is 1. The average molecular weight is 400 g/mol. The average Bonchev–Trinajstić information content (AvgIpc) is 3.42. The molecule has 0 aliphatic carbocycles. The molecule has 0 bridgehead atoms. The monoisotopic (exact) mass is 399 g/mol. The maximum absolute atomic E-state index is 13.4. The van der Waals surface area contributed by atoms with Crippen molar-refractivity contribution in [3.05, 3.63) is 60.0 Å². The van der Waals surface area contributed by atoms with E-state index in [0.717, 1.165) is 30.9 Å². The molecule has 2 fully saturated rings. The summed E-state index contributed by atoms with van der Waals surface area (Å²) >= 11 is 0. The molecule has 8 heteroatoms. The lowest BCUT2D eigenvalue weighted by molar-refractivity contribution is 0.0714. The van der Waals surface area contributed by atoms with Crippen LogP contribution in [-0.2, 0) is 0 Å². The van der Waals surface area contributed by atoms with Crippen molar-refractivity contribution in [3.63, 3.8) is 0 Å². The van der Waals surface area contributed by atoms with Crippen LogP contribution in [0.4, 0.5) is 0 Å². The van der Waals surface area contributed by atoms with Crippen molar-refractivity contribution in [3.8, 4) is 5.75 Å². The summed E-state index contributed by atoms with van der Waals surface area (Å²) in [6.07, 6.45) is 3.28. The van der Waals surface area contributed by atoms with Crippen LogP contribution in [0, 0.1) is 11.8 Å². The van der Waals surface area contributed by atoms with E-state index in [0.29, 0.717) is 23.0 Å². The van der Waals surface area contributed by atoms with Gasteiger partial charge in [0.2, 0.25) is 0 Å². The summed E-state index contributed by atoms with van der Waals surface area (Å²) < 4.78 is 6.95. The first kappa shape index (κ1) is 18.7. The summed E-state index contributed by atoms with van der Waals surface area (Å²) in [5, 5.41) is 7.58. The van der Waals surface area contributed by atoms with Crippen LogP contribution in [0.5, 0.6) is 5.75 Å². The van der Waals surface area contributed by atoms with Gasteiger partial charge >= 0.3 is 0 Å². The molecule has 1 N–H and O–H groups in total. The minimum atomic E-state index is 0. The fraction of sp³-hybridized carbons (Fsp3) is 0.350. The Hall–Kier alpha value is -2.64. The van der Waals surface area contributed by atoms with Crippen LogP contribution in [-0.4, -0.2) is 52.1 Å². The Morgan fingerprint density at radius 2 is 2.04 bits per heavy atom. The molecule has 28 heavy (non-hydrogen) atoms. The number of amides is 1. The largest absolute Gasteiger partial charge is 0.497 e. The second kappa shape index (κ2) is 7.41. The molecule has 1 aromatic carbocycles. The molecular formula is C20H22ClN5O2. The van der Waals surface area contributed by atoms with Crippen LogP contribution >= 0.6 is 12.4 Å². The molecule has 3 atom stereocenters. The molecule has 2 aromatic heterocycles. The van der Waals surface area contributed by atoms with E-state index < -0.39 is 0 Å². The van der Waals surface area contributed by atoms with Gasteiger partial charge in [0.05, 0.1) is 13.2 Å². The van der Waals surface area contributed by atoms with Crippen molar-refractivity contribution in [2.45, 2.75) is 6.04 Å². The van der Waals surface area contributed by atoms with Gasteiger partial charge in [0.15, 0.2) is 5.65 Å². The summed E-state index contributed by atoms with van der Waals surface area (Å²) in [6.45, 7) is 2.67. The summed E-state index contributed by atoms with van der Waals surface area (Å²) in [7, 11) is 1.66. The number of carbonyl (C=O) groups excluding carboxylic acids is 1. The number of likely N-dealkylation sites (tertiary alicyclic amines) is 1. The Balaban J connectivity index is 0.00000192. The molecule has 146 valence electrons. The number of benzene rings is 1. The first-order chi connectivity index (χ1) is 13.2. The van der Waals surface area contributed by atoms with E-state index in [1.54, 1.807) is 17.8 Å². The van der Waals surface area contributed by atoms with Crippen LogP contribution in [0.1, 0.15) is 22.0 Å². The minimum Gasteiger partial charge on any atom is -0.497 e. The Morgan fingerprint density at radius 1 is 1.21 bits per heavy atom. The van der Waals surface area contributed by atoms with E-state index in [4.69, 9.17) is 4.74 Å². The second-order valence-corrected chi connectivity index (χ2v) is 7.24. The van der Waals surface area contributed by atoms with Crippen molar-refractivity contribution in [1.29, 1.82) is 0 Å². The zero-order chi connectivity index (χ0) is 18.4. The first-order valence-electron chi connectivity index (χ1n) is 9.19. The topological polar surface area (TPSA) is 71.8 Å². The number of carbonyl (C=O) groups is 1. The van der Waals surface area contributed by atoms with Crippen LogP contribution < -0.4 is 10.1 Å². The fourth-order valence-corrected chi connectivity index (χ4v) is 4.47. The Morgan fingerprint density at radius 3 is 2.82 bits per heavy atom.